The van der Waals surface area contributed by atoms with Crippen LogP contribution in [0.5, 0.6) is 0 Å². The van der Waals surface area contributed by atoms with Gasteiger partial charge in [-0.15, -0.1) is 0 Å². The van der Waals surface area contributed by atoms with Gasteiger partial charge in [-0.25, -0.2) is 0 Å². The first-order valence-corrected chi connectivity index (χ1v) is 4.81. The van der Waals surface area contributed by atoms with Crippen molar-refractivity contribution in [3.63, 3.8) is 0 Å². The van der Waals surface area contributed by atoms with E-state index in [0.717, 1.165) is 39.1 Å². The molecule has 0 aliphatic carbocycles. The van der Waals surface area contributed by atoms with Crippen molar-refractivity contribution in [1.82, 2.24) is 5.32 Å². The van der Waals surface area contributed by atoms with Crippen LogP contribution in [0.15, 0.2) is 0 Å². The largest absolute Gasteiger partial charge is 0.391 e. The lowest BCUT2D eigenvalue weighted by Crippen LogP contribution is -2.42. The third-order valence-electron chi connectivity index (χ3n) is 2.27. The van der Waals surface area contributed by atoms with Gasteiger partial charge in [-0.05, 0) is 19.4 Å². The molecule has 0 radical (unpaired) electrons. The average Bonchev–Trinajstić information content (AvgIpc) is 2.09. The van der Waals surface area contributed by atoms with Crippen LogP contribution in [0.3, 0.4) is 0 Å². The van der Waals surface area contributed by atoms with Gasteiger partial charge >= 0.3 is 0 Å². The maximum atomic E-state index is 9.53. The van der Waals surface area contributed by atoms with Gasteiger partial charge in [0.05, 0.1) is 12.7 Å². The highest BCUT2D eigenvalue weighted by Gasteiger charge is 2.22. The summed E-state index contributed by atoms with van der Waals surface area (Å²) in [6.07, 6.45) is 1.88. The van der Waals surface area contributed by atoms with E-state index in [2.05, 4.69) is 12.2 Å². The molecule has 3 heteroatoms. The molecule has 1 aliphatic rings. The van der Waals surface area contributed by atoms with E-state index < -0.39 is 0 Å². The van der Waals surface area contributed by atoms with E-state index in [1.807, 2.05) is 0 Å². The number of hydrogen-bond acceptors (Lipinski definition) is 3. The topological polar surface area (TPSA) is 41.5 Å². The van der Waals surface area contributed by atoms with Crippen molar-refractivity contribution < 1.29 is 9.84 Å². The Morgan fingerprint density at radius 2 is 2.42 bits per heavy atom. The van der Waals surface area contributed by atoms with Crippen LogP contribution in [-0.4, -0.2) is 37.5 Å². The monoisotopic (exact) mass is 173 g/mol. The molecule has 1 rings (SSSR count). The normalized spacial score (nSPS) is 30.5. The van der Waals surface area contributed by atoms with Crippen molar-refractivity contribution in [3.8, 4) is 0 Å². The van der Waals surface area contributed by atoms with E-state index in [-0.39, 0.29) is 6.10 Å². The van der Waals surface area contributed by atoms with E-state index in [4.69, 9.17) is 4.74 Å². The van der Waals surface area contributed by atoms with Crippen LogP contribution >= 0.6 is 0 Å². The molecule has 1 saturated heterocycles. The molecule has 0 unspecified atom stereocenters. The number of β-amino-alcohol motifs (C(OH)–C–C–N with tert-alkyl or cyclic N) is 1. The van der Waals surface area contributed by atoms with E-state index in [0.29, 0.717) is 5.92 Å². The Balaban J connectivity index is 2.11. The molecule has 12 heavy (non-hydrogen) atoms. The first-order chi connectivity index (χ1) is 5.84. The maximum Gasteiger partial charge on any atom is 0.0715 e. The molecule has 0 saturated carbocycles. The van der Waals surface area contributed by atoms with Crippen molar-refractivity contribution in [3.05, 3.63) is 0 Å². The summed E-state index contributed by atoms with van der Waals surface area (Å²) in [5, 5.41) is 12.7. The zero-order chi connectivity index (χ0) is 8.81. The predicted octanol–water partition coefficient (Wildman–Crippen LogP) is 0.383. The van der Waals surface area contributed by atoms with Crippen molar-refractivity contribution in [2.75, 3.05) is 26.3 Å². The number of piperidine rings is 1. The van der Waals surface area contributed by atoms with E-state index in [1.54, 1.807) is 0 Å². The fourth-order valence-corrected chi connectivity index (χ4v) is 1.47. The highest BCUT2D eigenvalue weighted by atomic mass is 16.5. The predicted molar refractivity (Wildman–Crippen MR) is 48.1 cm³/mol. The minimum absolute atomic E-state index is 0.212. The van der Waals surface area contributed by atoms with Crippen LogP contribution in [-0.2, 0) is 4.74 Å². The lowest BCUT2D eigenvalue weighted by Gasteiger charge is -2.27. The van der Waals surface area contributed by atoms with Gasteiger partial charge in [-0.2, -0.15) is 0 Å². The minimum atomic E-state index is -0.212. The van der Waals surface area contributed by atoms with E-state index in [9.17, 15) is 5.11 Å². The van der Waals surface area contributed by atoms with Crippen LogP contribution in [0.1, 0.15) is 19.8 Å². The van der Waals surface area contributed by atoms with Crippen molar-refractivity contribution in [2.45, 2.75) is 25.9 Å². The molecular formula is C9H19NO2. The number of rotatable bonds is 4. The first-order valence-electron chi connectivity index (χ1n) is 4.81. The van der Waals surface area contributed by atoms with Gasteiger partial charge < -0.3 is 15.2 Å². The molecule has 1 aliphatic heterocycles. The second-order valence-corrected chi connectivity index (χ2v) is 3.40. The molecule has 72 valence electrons. The highest BCUT2D eigenvalue weighted by molar-refractivity contribution is 4.76. The minimum Gasteiger partial charge on any atom is -0.391 e. The molecule has 1 fully saturated rings. The standard InChI is InChI=1S/C9H19NO2/c1-2-5-12-7-8-3-4-10-6-9(8)11/h8-11H,2-7H2,1H3/t8-,9+/m0/s1. The number of nitrogens with one attached hydrogen (secondary N) is 1. The third kappa shape index (κ3) is 3.09. The van der Waals surface area contributed by atoms with Crippen LogP contribution in [0, 0.1) is 5.92 Å². The van der Waals surface area contributed by atoms with Crippen LogP contribution in [0.4, 0.5) is 0 Å². The Bertz CT molecular complexity index is 119. The summed E-state index contributed by atoms with van der Waals surface area (Å²) in [4.78, 5) is 0. The second kappa shape index (κ2) is 5.51. The van der Waals surface area contributed by atoms with Crippen LogP contribution in [0.25, 0.3) is 0 Å². The molecule has 0 spiro atoms. The summed E-state index contributed by atoms with van der Waals surface area (Å²) in [5.74, 6) is 0.345. The number of ether oxygens (including phenoxy) is 1. The molecule has 2 atom stereocenters. The molecule has 0 aromatic carbocycles. The molecule has 3 nitrogen and oxygen atoms in total. The number of hydrogen-bond donors (Lipinski definition) is 2. The Labute approximate surface area is 74.1 Å². The molecule has 0 amide bonds. The summed E-state index contributed by atoms with van der Waals surface area (Å²) < 4.78 is 5.40. The zero-order valence-electron chi connectivity index (χ0n) is 7.75. The molecule has 2 N–H and O–H groups in total. The number of aliphatic hydroxyl groups is 1. The zero-order valence-corrected chi connectivity index (χ0v) is 7.75. The quantitative estimate of drug-likeness (QED) is 0.604. The molecule has 0 bridgehead atoms. The van der Waals surface area contributed by atoms with Crippen LogP contribution < -0.4 is 5.32 Å². The number of aliphatic hydroxyl groups excluding tert-OH is 1. The molecule has 1 heterocycles. The van der Waals surface area contributed by atoms with Gasteiger partial charge in [0, 0.05) is 19.1 Å². The molecular weight excluding hydrogens is 154 g/mol. The summed E-state index contributed by atoms with van der Waals surface area (Å²) >= 11 is 0. The summed E-state index contributed by atoms with van der Waals surface area (Å²) in [6.45, 7) is 5.36. The first kappa shape index (κ1) is 9.96. The van der Waals surface area contributed by atoms with Crippen molar-refractivity contribution >= 4 is 0 Å². The third-order valence-corrected chi connectivity index (χ3v) is 2.27. The van der Waals surface area contributed by atoms with Crippen molar-refractivity contribution in [1.29, 1.82) is 0 Å². The van der Waals surface area contributed by atoms with E-state index >= 15 is 0 Å². The summed E-state index contributed by atoms with van der Waals surface area (Å²) in [5.41, 5.74) is 0. The lowest BCUT2D eigenvalue weighted by molar-refractivity contribution is 0.0127. The average molecular weight is 173 g/mol. The Morgan fingerprint density at radius 1 is 1.58 bits per heavy atom. The Kier molecular flexibility index (Phi) is 4.58. The lowest BCUT2D eigenvalue weighted by atomic mass is 9.96. The molecule has 0 aromatic rings. The maximum absolute atomic E-state index is 9.53. The second-order valence-electron chi connectivity index (χ2n) is 3.40. The van der Waals surface area contributed by atoms with Gasteiger partial charge in [-0.3, -0.25) is 0 Å². The summed E-state index contributed by atoms with van der Waals surface area (Å²) in [7, 11) is 0. The highest BCUT2D eigenvalue weighted by Crippen LogP contribution is 2.12. The fraction of sp³-hybridized carbons (Fsp3) is 1.00. The smallest absolute Gasteiger partial charge is 0.0715 e. The van der Waals surface area contributed by atoms with Gasteiger partial charge in [0.1, 0.15) is 0 Å². The van der Waals surface area contributed by atoms with Crippen LogP contribution in [0.2, 0.25) is 0 Å². The van der Waals surface area contributed by atoms with Gasteiger partial charge in [-0.1, -0.05) is 6.92 Å². The molecule has 0 aromatic heterocycles. The fourth-order valence-electron chi connectivity index (χ4n) is 1.47. The summed E-state index contributed by atoms with van der Waals surface area (Å²) in [6, 6.07) is 0. The Morgan fingerprint density at radius 3 is 3.08 bits per heavy atom. The van der Waals surface area contributed by atoms with Gasteiger partial charge in [0.15, 0.2) is 0 Å². The SMILES string of the molecule is CCCOC[C@@H]1CCNC[C@H]1O. The Hall–Kier alpha value is -0.120. The van der Waals surface area contributed by atoms with E-state index in [1.165, 1.54) is 0 Å². The van der Waals surface area contributed by atoms with Gasteiger partial charge in [0.25, 0.3) is 0 Å². The van der Waals surface area contributed by atoms with Gasteiger partial charge in [0.2, 0.25) is 0 Å². The van der Waals surface area contributed by atoms with Crippen molar-refractivity contribution in [2.24, 2.45) is 5.92 Å².